The van der Waals surface area contributed by atoms with Crippen LogP contribution in [0.15, 0.2) is 17.5 Å². The fourth-order valence-electron chi connectivity index (χ4n) is 4.97. The van der Waals surface area contributed by atoms with Gasteiger partial charge in [0.15, 0.2) is 0 Å². The molecule has 4 aliphatic rings. The van der Waals surface area contributed by atoms with Crippen LogP contribution in [0.2, 0.25) is 0 Å². The average Bonchev–Trinajstić information content (AvgIpc) is 2.95. The van der Waals surface area contributed by atoms with Crippen LogP contribution in [0.4, 0.5) is 0 Å². The van der Waals surface area contributed by atoms with Gasteiger partial charge in [0.25, 0.3) is 0 Å². The van der Waals surface area contributed by atoms with Crippen molar-refractivity contribution >= 4 is 17.1 Å². The molecule has 0 radical (unpaired) electrons. The highest BCUT2D eigenvalue weighted by molar-refractivity contribution is 7.10. The fourth-order valence-corrected chi connectivity index (χ4v) is 5.87. The molecule has 3 nitrogen and oxygen atoms in total. The highest BCUT2D eigenvalue weighted by Gasteiger charge is 2.63. The molecule has 4 saturated heterocycles. The summed E-state index contributed by atoms with van der Waals surface area (Å²) in [4.78, 5) is 19.7. The zero-order chi connectivity index (χ0) is 14.7. The summed E-state index contributed by atoms with van der Waals surface area (Å²) in [6, 6.07) is 4.40. The number of rotatable bonds is 4. The Labute approximate surface area is 130 Å². The van der Waals surface area contributed by atoms with Gasteiger partial charge in [-0.1, -0.05) is 32.8 Å². The average molecular weight is 304 g/mol. The van der Waals surface area contributed by atoms with E-state index in [2.05, 4.69) is 41.2 Å². The zero-order valence-electron chi connectivity index (χ0n) is 13.0. The topological polar surface area (TPSA) is 23.6 Å². The molecule has 0 saturated carbocycles. The second-order valence-electron chi connectivity index (χ2n) is 7.47. The maximum absolute atomic E-state index is 13.1. The molecule has 21 heavy (non-hydrogen) atoms. The smallest absolute Gasteiger partial charge is 0.150 e. The Morgan fingerprint density at radius 3 is 2.57 bits per heavy atom. The van der Waals surface area contributed by atoms with Gasteiger partial charge in [0.1, 0.15) is 5.78 Å². The maximum atomic E-state index is 13.1. The minimum absolute atomic E-state index is 0.0883. The van der Waals surface area contributed by atoms with E-state index in [0.29, 0.717) is 11.9 Å². The molecular weight excluding hydrogens is 280 g/mol. The number of thiophene rings is 1. The van der Waals surface area contributed by atoms with Crippen LogP contribution in [0.25, 0.3) is 0 Å². The fraction of sp³-hybridized carbons (Fsp3) is 0.706. The van der Waals surface area contributed by atoms with Crippen LogP contribution in [-0.2, 0) is 4.79 Å². The summed E-state index contributed by atoms with van der Waals surface area (Å²) in [5.41, 5.74) is -0.229. The Bertz CT molecular complexity index is 537. The molecular formula is C17H24N2OS. The van der Waals surface area contributed by atoms with Crippen molar-refractivity contribution in [3.8, 4) is 0 Å². The summed E-state index contributed by atoms with van der Waals surface area (Å²) >= 11 is 1.85. The number of unbranched alkanes of at least 4 members (excludes halogenated alkanes) is 1. The molecule has 114 valence electrons. The molecule has 0 aliphatic carbocycles. The molecule has 5 heterocycles. The van der Waals surface area contributed by atoms with Crippen LogP contribution in [0, 0.1) is 10.8 Å². The number of nitrogens with zero attached hydrogens (tertiary/aromatic N) is 2. The lowest BCUT2D eigenvalue weighted by molar-refractivity contribution is -0.201. The zero-order valence-corrected chi connectivity index (χ0v) is 13.8. The van der Waals surface area contributed by atoms with Crippen molar-refractivity contribution < 1.29 is 4.79 Å². The van der Waals surface area contributed by atoms with E-state index in [1.165, 1.54) is 17.7 Å². The summed E-state index contributed by atoms with van der Waals surface area (Å²) in [5, 5.41) is 2.17. The van der Waals surface area contributed by atoms with Crippen molar-refractivity contribution in [1.29, 1.82) is 0 Å². The molecule has 1 aromatic heterocycles. The van der Waals surface area contributed by atoms with E-state index < -0.39 is 0 Å². The Kier molecular flexibility index (Phi) is 3.08. The molecule has 0 amide bonds. The van der Waals surface area contributed by atoms with Crippen molar-refractivity contribution in [1.82, 2.24) is 9.80 Å². The van der Waals surface area contributed by atoms with Gasteiger partial charge in [0.05, 0.1) is 17.0 Å². The third kappa shape index (κ3) is 1.89. The number of carbonyl (C=O) groups excluding carboxylic acids is 1. The minimum atomic E-state index is -0.141. The molecule has 1 aromatic rings. The van der Waals surface area contributed by atoms with Crippen molar-refractivity contribution in [2.45, 2.75) is 39.3 Å². The molecule has 2 unspecified atom stereocenters. The second-order valence-corrected chi connectivity index (χ2v) is 8.45. The Hall–Kier alpha value is -0.710. The number of hydrogen-bond acceptors (Lipinski definition) is 4. The largest absolute Gasteiger partial charge is 0.298 e. The van der Waals surface area contributed by atoms with Crippen LogP contribution in [0.1, 0.15) is 44.2 Å². The predicted octanol–water partition coefficient (Wildman–Crippen LogP) is 3.14. The first kappa shape index (κ1) is 13.9. The van der Waals surface area contributed by atoms with E-state index in [1.54, 1.807) is 0 Å². The quantitative estimate of drug-likeness (QED) is 0.854. The van der Waals surface area contributed by atoms with Gasteiger partial charge < -0.3 is 0 Å². The number of carbonyl (C=O) groups is 1. The van der Waals surface area contributed by atoms with E-state index in [-0.39, 0.29) is 10.8 Å². The van der Waals surface area contributed by atoms with Gasteiger partial charge >= 0.3 is 0 Å². The standard InChI is InChI=1S/C17H24N2OS/c1-3-4-7-17-11-18-9-16(2,15(17)20)10-19(12-17)14(18)13-6-5-8-21-13/h5-6,8,14H,3-4,7,9-12H2,1-2H3. The summed E-state index contributed by atoms with van der Waals surface area (Å²) in [7, 11) is 0. The summed E-state index contributed by atoms with van der Waals surface area (Å²) in [6.45, 7) is 8.25. The molecule has 5 rings (SSSR count). The van der Waals surface area contributed by atoms with Crippen molar-refractivity contribution in [3.63, 3.8) is 0 Å². The molecule has 4 aliphatic heterocycles. The van der Waals surface area contributed by atoms with E-state index in [1.807, 2.05) is 11.3 Å². The molecule has 0 aromatic carbocycles. The third-order valence-electron chi connectivity index (χ3n) is 5.64. The van der Waals surface area contributed by atoms with E-state index in [9.17, 15) is 4.79 Å². The van der Waals surface area contributed by atoms with Gasteiger partial charge in [0.2, 0.25) is 0 Å². The van der Waals surface area contributed by atoms with Gasteiger partial charge in [-0.05, 0) is 17.9 Å². The molecule has 2 atom stereocenters. The van der Waals surface area contributed by atoms with Crippen molar-refractivity contribution in [2.24, 2.45) is 10.8 Å². The summed E-state index contributed by atoms with van der Waals surface area (Å²) < 4.78 is 0. The van der Waals surface area contributed by atoms with Gasteiger partial charge in [-0.15, -0.1) is 11.3 Å². The van der Waals surface area contributed by atoms with Crippen molar-refractivity contribution in [3.05, 3.63) is 22.4 Å². The molecule has 0 N–H and O–H groups in total. The van der Waals surface area contributed by atoms with Crippen LogP contribution in [0.3, 0.4) is 0 Å². The van der Waals surface area contributed by atoms with Gasteiger partial charge in [-0.25, -0.2) is 0 Å². The summed E-state index contributed by atoms with van der Waals surface area (Å²) in [6.07, 6.45) is 3.84. The Balaban J connectivity index is 1.69. The number of ketones is 1. The van der Waals surface area contributed by atoms with Crippen LogP contribution >= 0.6 is 11.3 Å². The number of piperidine rings is 2. The third-order valence-corrected chi connectivity index (χ3v) is 6.56. The predicted molar refractivity (Wildman–Crippen MR) is 85.3 cm³/mol. The Morgan fingerprint density at radius 2 is 2.00 bits per heavy atom. The lowest BCUT2D eigenvalue weighted by Gasteiger charge is -2.65. The van der Waals surface area contributed by atoms with Gasteiger partial charge in [0, 0.05) is 31.1 Å². The molecule has 4 fully saturated rings. The van der Waals surface area contributed by atoms with Crippen LogP contribution in [0.5, 0.6) is 0 Å². The molecule has 4 heteroatoms. The van der Waals surface area contributed by atoms with E-state index in [4.69, 9.17) is 0 Å². The lowest BCUT2D eigenvalue weighted by atomic mass is 9.59. The second kappa shape index (κ2) is 4.64. The highest BCUT2D eigenvalue weighted by Crippen LogP contribution is 2.54. The van der Waals surface area contributed by atoms with E-state index >= 15 is 0 Å². The first-order valence-corrected chi connectivity index (χ1v) is 9.02. The maximum Gasteiger partial charge on any atom is 0.150 e. The SMILES string of the molecule is CCCCC12CN3CC(C)(CN(C1)C3c1cccs1)C2=O. The highest BCUT2D eigenvalue weighted by atomic mass is 32.1. The van der Waals surface area contributed by atoms with Gasteiger partial charge in [-0.2, -0.15) is 0 Å². The van der Waals surface area contributed by atoms with Crippen LogP contribution in [-0.4, -0.2) is 41.8 Å². The first-order valence-electron chi connectivity index (χ1n) is 8.14. The van der Waals surface area contributed by atoms with Gasteiger partial charge in [-0.3, -0.25) is 14.6 Å². The van der Waals surface area contributed by atoms with E-state index in [0.717, 1.165) is 32.6 Å². The van der Waals surface area contributed by atoms with Crippen molar-refractivity contribution in [2.75, 3.05) is 26.2 Å². The molecule has 4 bridgehead atoms. The monoisotopic (exact) mass is 304 g/mol. The minimum Gasteiger partial charge on any atom is -0.298 e. The summed E-state index contributed by atoms with van der Waals surface area (Å²) in [5.74, 6) is 0.556. The molecule has 0 spiro atoms. The Morgan fingerprint density at radius 1 is 1.29 bits per heavy atom. The number of hydrogen-bond donors (Lipinski definition) is 0. The lowest BCUT2D eigenvalue weighted by Crippen LogP contribution is -2.76. The first-order chi connectivity index (χ1) is 10.1. The normalized spacial score (nSPS) is 44.5. The van der Waals surface area contributed by atoms with Crippen LogP contribution < -0.4 is 0 Å². The number of Topliss-reactive ketones (excluding diaryl/α,β-unsaturated/α-hetero) is 1.